The number of nitrogens with zero attached hydrogens (tertiary/aromatic N) is 1. The smallest absolute Gasteiger partial charge is 0.252 e. The third-order valence-corrected chi connectivity index (χ3v) is 3.89. The van der Waals surface area contributed by atoms with Crippen molar-refractivity contribution in [3.8, 4) is 5.75 Å². The first-order valence-corrected chi connectivity index (χ1v) is 7.82. The summed E-state index contributed by atoms with van der Waals surface area (Å²) in [7, 11) is 0. The molecule has 3 N–H and O–H groups in total. The Morgan fingerprint density at radius 1 is 1.12 bits per heavy atom. The van der Waals surface area contributed by atoms with Crippen LogP contribution in [-0.2, 0) is 6.54 Å². The summed E-state index contributed by atoms with van der Waals surface area (Å²) in [6.07, 6.45) is 0. The van der Waals surface area contributed by atoms with Crippen LogP contribution in [0.3, 0.4) is 0 Å². The van der Waals surface area contributed by atoms with E-state index in [2.05, 4.69) is 4.90 Å². The number of primary amides is 1. The maximum Gasteiger partial charge on any atom is 0.252 e. The van der Waals surface area contributed by atoms with Crippen molar-refractivity contribution in [3.05, 3.63) is 65.2 Å². The Hall–Kier alpha value is -2.37. The lowest BCUT2D eigenvalue weighted by Gasteiger charge is -2.26. The number of carbonyl (C=O) groups is 2. The first-order valence-electron chi connectivity index (χ1n) is 7.82. The van der Waals surface area contributed by atoms with Crippen LogP contribution >= 0.6 is 12.4 Å². The van der Waals surface area contributed by atoms with E-state index in [4.69, 9.17) is 5.73 Å². The summed E-state index contributed by atoms with van der Waals surface area (Å²) in [6, 6.07) is 14.3. The van der Waals surface area contributed by atoms with Crippen molar-refractivity contribution in [2.75, 3.05) is 6.54 Å². The highest BCUT2D eigenvalue weighted by atomic mass is 35.5. The van der Waals surface area contributed by atoms with E-state index in [0.717, 1.165) is 5.56 Å². The molecule has 0 radical (unpaired) electrons. The number of hydrogen-bond donors (Lipinski definition) is 2. The third-order valence-electron chi connectivity index (χ3n) is 3.89. The zero-order chi connectivity index (χ0) is 17.7. The molecular weight excluding hydrogens is 340 g/mol. The maximum atomic E-state index is 12.6. The van der Waals surface area contributed by atoms with Crippen molar-refractivity contribution < 1.29 is 14.7 Å². The fourth-order valence-corrected chi connectivity index (χ4v) is 2.42. The van der Waals surface area contributed by atoms with Gasteiger partial charge in [0.1, 0.15) is 5.75 Å². The zero-order valence-corrected chi connectivity index (χ0v) is 15.1. The van der Waals surface area contributed by atoms with Gasteiger partial charge in [-0.15, -0.1) is 12.4 Å². The number of ketones is 1. The van der Waals surface area contributed by atoms with Gasteiger partial charge < -0.3 is 10.8 Å². The number of halogens is 1. The molecule has 0 aliphatic carbocycles. The van der Waals surface area contributed by atoms with Gasteiger partial charge in [0, 0.05) is 18.2 Å². The molecule has 0 aromatic heterocycles. The van der Waals surface area contributed by atoms with Gasteiger partial charge in [0.2, 0.25) is 0 Å². The minimum atomic E-state index is -0.757. The predicted octanol–water partition coefficient (Wildman–Crippen LogP) is 3.01. The van der Waals surface area contributed by atoms with Gasteiger partial charge in [-0.3, -0.25) is 14.5 Å². The lowest BCUT2D eigenvalue weighted by atomic mass is 10.0. The highest BCUT2D eigenvalue weighted by Crippen LogP contribution is 2.19. The van der Waals surface area contributed by atoms with E-state index in [1.54, 1.807) is 0 Å². The largest absolute Gasteiger partial charge is 0.507 e. The predicted molar refractivity (Wildman–Crippen MR) is 100 cm³/mol. The molecule has 0 fully saturated rings. The molecule has 2 aromatic rings. The lowest BCUT2D eigenvalue weighted by Crippen LogP contribution is -2.35. The molecule has 0 aliphatic rings. The number of nitrogens with two attached hydrogens (primary N) is 1. The van der Waals surface area contributed by atoms with Crippen LogP contribution in [0.25, 0.3) is 0 Å². The molecule has 25 heavy (non-hydrogen) atoms. The summed E-state index contributed by atoms with van der Waals surface area (Å²) >= 11 is 0. The van der Waals surface area contributed by atoms with Crippen molar-refractivity contribution in [1.82, 2.24) is 4.90 Å². The Kier molecular flexibility index (Phi) is 7.61. The Labute approximate surface area is 153 Å². The third kappa shape index (κ3) is 5.59. The van der Waals surface area contributed by atoms with Crippen LogP contribution < -0.4 is 5.73 Å². The summed E-state index contributed by atoms with van der Waals surface area (Å²) in [4.78, 5) is 25.9. The van der Waals surface area contributed by atoms with Crippen LogP contribution in [0.1, 0.15) is 40.1 Å². The Morgan fingerprint density at radius 3 is 2.32 bits per heavy atom. The van der Waals surface area contributed by atoms with Crippen molar-refractivity contribution in [2.24, 2.45) is 5.73 Å². The number of hydrogen-bond acceptors (Lipinski definition) is 4. The fourth-order valence-electron chi connectivity index (χ4n) is 2.42. The number of Topliss-reactive ketones (excluding diaryl/α,β-unsaturated/α-hetero) is 1. The second-order valence-electron chi connectivity index (χ2n) is 6.00. The molecule has 1 amide bonds. The molecule has 0 atom stereocenters. The molecule has 0 saturated heterocycles. The van der Waals surface area contributed by atoms with Gasteiger partial charge in [-0.1, -0.05) is 30.3 Å². The van der Waals surface area contributed by atoms with Crippen LogP contribution in [0, 0.1) is 0 Å². The zero-order valence-electron chi connectivity index (χ0n) is 14.3. The average Bonchev–Trinajstić information content (AvgIpc) is 2.55. The molecule has 0 saturated carbocycles. The van der Waals surface area contributed by atoms with E-state index in [1.807, 2.05) is 44.2 Å². The normalized spacial score (nSPS) is 10.6. The number of phenols is 1. The minimum absolute atomic E-state index is 0. The number of aromatic hydroxyl groups is 1. The van der Waals surface area contributed by atoms with Gasteiger partial charge in [0.25, 0.3) is 5.91 Å². The van der Waals surface area contributed by atoms with E-state index in [-0.39, 0.29) is 42.1 Å². The summed E-state index contributed by atoms with van der Waals surface area (Å²) < 4.78 is 0. The van der Waals surface area contributed by atoms with Crippen molar-refractivity contribution in [2.45, 2.75) is 26.4 Å². The molecule has 0 heterocycles. The molecule has 0 spiro atoms. The summed E-state index contributed by atoms with van der Waals surface area (Å²) in [5.74, 6) is -1.10. The highest BCUT2D eigenvalue weighted by molar-refractivity contribution is 6.02. The quantitative estimate of drug-likeness (QED) is 0.741. The monoisotopic (exact) mass is 362 g/mol. The van der Waals surface area contributed by atoms with E-state index >= 15 is 0 Å². The SMILES string of the molecule is CC(C)N(CC(=O)c1ccc(O)c(C(N)=O)c1)Cc1ccccc1.Cl. The standard InChI is InChI=1S/C19H22N2O3.ClH/c1-13(2)21(11-14-6-4-3-5-7-14)12-18(23)15-8-9-17(22)16(10-15)19(20)24;/h3-10,13,22H,11-12H2,1-2H3,(H2,20,24);1H. The lowest BCUT2D eigenvalue weighted by molar-refractivity contribution is 0.0898. The summed E-state index contributed by atoms with van der Waals surface area (Å²) in [5.41, 5.74) is 6.66. The van der Waals surface area contributed by atoms with Crippen LogP contribution in [0.4, 0.5) is 0 Å². The molecule has 6 heteroatoms. The Balaban J connectivity index is 0.00000312. The highest BCUT2D eigenvalue weighted by Gasteiger charge is 2.18. The molecule has 2 aromatic carbocycles. The van der Waals surface area contributed by atoms with Crippen molar-refractivity contribution in [3.63, 3.8) is 0 Å². The number of rotatable bonds is 7. The minimum Gasteiger partial charge on any atom is -0.507 e. The van der Waals surface area contributed by atoms with E-state index < -0.39 is 5.91 Å². The number of carbonyl (C=O) groups excluding carboxylic acids is 2. The van der Waals surface area contributed by atoms with E-state index in [9.17, 15) is 14.7 Å². The molecule has 134 valence electrons. The first-order chi connectivity index (χ1) is 11.4. The van der Waals surface area contributed by atoms with E-state index in [0.29, 0.717) is 12.1 Å². The fraction of sp³-hybridized carbons (Fsp3) is 0.263. The number of benzene rings is 2. The maximum absolute atomic E-state index is 12.6. The molecule has 0 aliphatic heterocycles. The summed E-state index contributed by atoms with van der Waals surface area (Å²) in [6.45, 7) is 4.93. The van der Waals surface area contributed by atoms with Crippen LogP contribution in [0.5, 0.6) is 5.75 Å². The molecule has 0 unspecified atom stereocenters. The average molecular weight is 363 g/mol. The van der Waals surface area contributed by atoms with Gasteiger partial charge in [-0.05, 0) is 37.6 Å². The van der Waals surface area contributed by atoms with Gasteiger partial charge >= 0.3 is 0 Å². The Bertz CT molecular complexity index is 733. The second kappa shape index (κ2) is 9.20. The second-order valence-corrected chi connectivity index (χ2v) is 6.00. The van der Waals surface area contributed by atoms with Gasteiger partial charge in [-0.25, -0.2) is 0 Å². The van der Waals surface area contributed by atoms with E-state index in [1.165, 1.54) is 18.2 Å². The number of amides is 1. The molecule has 2 rings (SSSR count). The molecule has 0 bridgehead atoms. The first kappa shape index (κ1) is 20.7. The van der Waals surface area contributed by atoms with Crippen molar-refractivity contribution >= 4 is 24.1 Å². The molecule has 5 nitrogen and oxygen atoms in total. The van der Waals surface area contributed by atoms with Gasteiger partial charge in [0.15, 0.2) is 5.78 Å². The van der Waals surface area contributed by atoms with Crippen molar-refractivity contribution in [1.29, 1.82) is 0 Å². The van der Waals surface area contributed by atoms with Crippen LogP contribution in [0.2, 0.25) is 0 Å². The topological polar surface area (TPSA) is 83.6 Å². The Morgan fingerprint density at radius 2 is 1.76 bits per heavy atom. The van der Waals surface area contributed by atoms with Crippen LogP contribution in [-0.4, -0.2) is 34.3 Å². The molecular formula is C19H23ClN2O3. The van der Waals surface area contributed by atoms with Gasteiger partial charge in [0.05, 0.1) is 12.1 Å². The van der Waals surface area contributed by atoms with Gasteiger partial charge in [-0.2, -0.15) is 0 Å². The summed E-state index contributed by atoms with van der Waals surface area (Å²) in [5, 5.41) is 9.63. The van der Waals surface area contributed by atoms with Crippen LogP contribution in [0.15, 0.2) is 48.5 Å².